The van der Waals surface area contributed by atoms with Crippen LogP contribution in [0.1, 0.15) is 38.5 Å². The third-order valence-electron chi connectivity index (χ3n) is 11.0. The minimum atomic E-state index is -5.08. The maximum atomic E-state index is 13.4. The predicted octanol–water partition coefficient (Wildman–Crippen LogP) is 6.63. The van der Waals surface area contributed by atoms with Crippen molar-refractivity contribution in [3.05, 3.63) is 131 Å². The number of hydrogen-bond acceptors (Lipinski definition) is 11. The van der Waals surface area contributed by atoms with E-state index in [9.17, 15) is 62.4 Å². The Morgan fingerprint density at radius 1 is 0.623 bits per heavy atom. The van der Waals surface area contributed by atoms with Gasteiger partial charge in [0.05, 0.1) is 42.6 Å². The number of aromatic nitrogens is 2. The van der Waals surface area contributed by atoms with Crippen LogP contribution in [0.3, 0.4) is 0 Å². The summed E-state index contributed by atoms with van der Waals surface area (Å²) >= 11 is 0. The number of carbonyl (C=O) groups excluding carboxylic acids is 4. The molecule has 2 aliphatic rings. The van der Waals surface area contributed by atoms with Crippen molar-refractivity contribution in [2.45, 2.75) is 39.3 Å². The molecule has 2 aliphatic heterocycles. The molecule has 2 saturated heterocycles. The first-order chi connectivity index (χ1) is 32.4. The van der Waals surface area contributed by atoms with Gasteiger partial charge in [0.2, 0.25) is 5.89 Å². The zero-order valence-corrected chi connectivity index (χ0v) is 38.6. The zero-order chi connectivity index (χ0) is 50.3. The molecule has 1 aromatic heterocycles. The molecular weight excluding hydrogens is 961 g/mol. The predicted molar refractivity (Wildman–Crippen MR) is 241 cm³/mol. The van der Waals surface area contributed by atoms with Crippen LogP contribution in [0.2, 0.25) is 0 Å². The van der Waals surface area contributed by atoms with E-state index in [0.29, 0.717) is 28.1 Å². The Balaban J connectivity index is 0.000000227. The van der Waals surface area contributed by atoms with E-state index in [1.165, 1.54) is 44.3 Å². The molecule has 7 rings (SSSR count). The van der Waals surface area contributed by atoms with Gasteiger partial charge in [0, 0.05) is 48.7 Å². The van der Waals surface area contributed by atoms with Crippen molar-refractivity contribution >= 4 is 54.8 Å². The first-order valence-corrected chi connectivity index (χ1v) is 24.7. The van der Waals surface area contributed by atoms with Crippen LogP contribution >= 0.6 is 0 Å². The number of ketones is 1. The maximum Gasteiger partial charge on any atom is 0.471 e. The van der Waals surface area contributed by atoms with Crippen LogP contribution in [-0.2, 0) is 43.7 Å². The summed E-state index contributed by atoms with van der Waals surface area (Å²) in [6.07, 6.45) is -9.80. The van der Waals surface area contributed by atoms with Gasteiger partial charge in [-0.05, 0) is 60.4 Å². The van der Waals surface area contributed by atoms with Crippen LogP contribution in [-0.4, -0.2) is 122 Å². The summed E-state index contributed by atoms with van der Waals surface area (Å²) < 4.78 is 127. The smallest absolute Gasteiger partial charge is 0.413 e. The van der Waals surface area contributed by atoms with Crippen LogP contribution in [0.5, 0.6) is 0 Å². The molecule has 0 spiro atoms. The second-order valence-electron chi connectivity index (χ2n) is 16.0. The van der Waals surface area contributed by atoms with E-state index in [2.05, 4.69) is 10.2 Å². The third-order valence-corrected chi connectivity index (χ3v) is 14.2. The topological polar surface area (TPSA) is 200 Å². The average molecular weight is 1010 g/mol. The highest BCUT2D eigenvalue weighted by atomic mass is 32.2. The van der Waals surface area contributed by atoms with Gasteiger partial charge in [-0.25, -0.2) is 26.4 Å². The maximum absolute atomic E-state index is 13.4. The van der Waals surface area contributed by atoms with Crippen molar-refractivity contribution in [3.63, 3.8) is 0 Å². The minimum absolute atomic E-state index is 0.0840. The molecule has 3 heterocycles. The number of sulfone groups is 2. The van der Waals surface area contributed by atoms with Crippen molar-refractivity contribution in [2.75, 3.05) is 65.5 Å². The van der Waals surface area contributed by atoms with Crippen molar-refractivity contribution in [1.82, 2.24) is 25.3 Å². The van der Waals surface area contributed by atoms with Crippen LogP contribution in [0.25, 0.3) is 11.5 Å². The highest BCUT2D eigenvalue weighted by molar-refractivity contribution is 7.91. The summed E-state index contributed by atoms with van der Waals surface area (Å²) in [4.78, 5) is 55.8. The molecule has 1 N–H and O–H groups in total. The van der Waals surface area contributed by atoms with E-state index in [-0.39, 0.29) is 85.8 Å². The molecule has 2 fully saturated rings. The monoisotopic (exact) mass is 1010 g/mol. The van der Waals surface area contributed by atoms with Gasteiger partial charge in [-0.2, -0.15) is 26.3 Å². The summed E-state index contributed by atoms with van der Waals surface area (Å²) in [6, 6.07) is 26.2. The molecule has 5 aromatic rings. The van der Waals surface area contributed by atoms with E-state index in [1.54, 1.807) is 53.4 Å². The number of para-hydroxylation sites is 2. The summed E-state index contributed by atoms with van der Waals surface area (Å²) in [6.45, 7) is 3.59. The molecule has 368 valence electrons. The lowest BCUT2D eigenvalue weighted by atomic mass is 10.1. The number of urea groups is 2. The van der Waals surface area contributed by atoms with Gasteiger partial charge >= 0.3 is 36.2 Å². The number of nitrogens with one attached hydrogen (secondary N) is 1. The normalized spacial score (nSPS) is 15.6. The SMILES string of the molecule is Cc1ccccc1N(Cc1ccc(-c2nnc(C(F)(F)F)o2)cc1)C(=O)N1CCS(=O)(=O)CC1.Cc1ccccc1N(Cc1ccc(C(=O)CNC(=O)C(F)(F)F)cc1)C(=O)N1CCS(=O)(=O)CC1. The summed E-state index contributed by atoms with van der Waals surface area (Å²) in [7, 11) is -6.32. The summed E-state index contributed by atoms with van der Waals surface area (Å²) in [5, 5.41) is 8.01. The molecule has 24 heteroatoms. The molecule has 0 aliphatic carbocycles. The van der Waals surface area contributed by atoms with Gasteiger partial charge in [0.25, 0.3) is 0 Å². The highest BCUT2D eigenvalue weighted by Crippen LogP contribution is 2.31. The Morgan fingerprint density at radius 2 is 1.04 bits per heavy atom. The Morgan fingerprint density at radius 3 is 1.43 bits per heavy atom. The first kappa shape index (κ1) is 51.6. The summed E-state index contributed by atoms with van der Waals surface area (Å²) in [5.74, 6) is -4.97. The number of anilines is 2. The number of rotatable bonds is 10. The fraction of sp³-hybridized carbons (Fsp3) is 0.333. The molecule has 0 saturated carbocycles. The number of amides is 5. The Bertz CT molecular complexity index is 2870. The lowest BCUT2D eigenvalue weighted by Crippen LogP contribution is -2.50. The fourth-order valence-electron chi connectivity index (χ4n) is 7.12. The Labute approximate surface area is 392 Å². The molecule has 0 unspecified atom stereocenters. The average Bonchev–Trinajstić information content (AvgIpc) is 3.82. The van der Waals surface area contributed by atoms with Gasteiger partial charge in [-0.3, -0.25) is 19.4 Å². The third kappa shape index (κ3) is 13.7. The van der Waals surface area contributed by atoms with Gasteiger partial charge in [0.15, 0.2) is 25.5 Å². The number of halogens is 6. The van der Waals surface area contributed by atoms with Crippen LogP contribution in [0, 0.1) is 13.8 Å². The molecule has 0 atom stereocenters. The quantitative estimate of drug-likeness (QED) is 0.116. The first-order valence-electron chi connectivity index (χ1n) is 21.0. The van der Waals surface area contributed by atoms with E-state index in [1.807, 2.05) is 38.1 Å². The summed E-state index contributed by atoms with van der Waals surface area (Å²) in [5.41, 5.74) is 4.77. The molecular formula is C45H45F6N7O9S2. The number of Topliss-reactive ketones (excluding diaryl/α,β-unsaturated/α-hetero) is 1. The minimum Gasteiger partial charge on any atom is -0.413 e. The Kier molecular flexibility index (Phi) is 15.9. The molecule has 0 radical (unpaired) electrons. The van der Waals surface area contributed by atoms with Gasteiger partial charge < -0.3 is 19.5 Å². The molecule has 5 amide bonds. The number of hydrogen-bond donors (Lipinski definition) is 1. The number of aryl methyl sites for hydroxylation is 2. The number of alkyl halides is 6. The highest BCUT2D eigenvalue weighted by Gasteiger charge is 2.39. The molecule has 0 bridgehead atoms. The molecule has 16 nitrogen and oxygen atoms in total. The van der Waals surface area contributed by atoms with E-state index >= 15 is 0 Å². The van der Waals surface area contributed by atoms with Gasteiger partial charge in [0.1, 0.15) is 0 Å². The number of carbonyl (C=O) groups is 4. The van der Waals surface area contributed by atoms with Crippen molar-refractivity contribution in [3.8, 4) is 11.5 Å². The largest absolute Gasteiger partial charge is 0.471 e. The van der Waals surface area contributed by atoms with Crippen LogP contribution < -0.4 is 15.1 Å². The standard InChI is InChI=1S/C23H24F3N3O5S.C22H21F3N4O4S/c1-16-4-2-3-5-19(16)29(22(32)28-10-12-35(33,34)13-11-28)15-17-6-8-18(9-7-17)20(30)14-27-21(31)23(24,25)26;1-15-4-2-3-5-18(15)29(21(30)28-10-12-34(31,32)13-11-28)14-16-6-8-17(9-7-16)19-26-27-20(33-19)22(23,24)25/h2-9H,10-15H2,1H3,(H,27,31);2-9H,10-14H2,1H3. The van der Waals surface area contributed by atoms with Gasteiger partial charge in [-0.15, -0.1) is 10.2 Å². The van der Waals surface area contributed by atoms with E-state index in [0.717, 1.165) is 11.1 Å². The number of benzene rings is 4. The number of nitrogens with zero attached hydrogens (tertiary/aromatic N) is 6. The van der Waals surface area contributed by atoms with Crippen molar-refractivity contribution in [1.29, 1.82) is 0 Å². The Hall–Kier alpha value is -6.82. The zero-order valence-electron chi connectivity index (χ0n) is 37.0. The second-order valence-corrected chi connectivity index (χ2v) is 20.6. The second kappa shape index (κ2) is 21.2. The van der Waals surface area contributed by atoms with E-state index < -0.39 is 56.2 Å². The lowest BCUT2D eigenvalue weighted by Gasteiger charge is -2.33. The molecule has 4 aromatic carbocycles. The fourth-order valence-corrected chi connectivity index (χ4v) is 9.53. The van der Waals surface area contributed by atoms with Gasteiger partial charge in [-0.1, -0.05) is 72.8 Å². The molecule has 69 heavy (non-hydrogen) atoms. The van der Waals surface area contributed by atoms with Crippen LogP contribution in [0.15, 0.2) is 101 Å². The van der Waals surface area contributed by atoms with Crippen molar-refractivity contribution < 1.29 is 66.8 Å². The van der Waals surface area contributed by atoms with E-state index in [4.69, 9.17) is 4.42 Å². The van der Waals surface area contributed by atoms with Crippen LogP contribution in [0.4, 0.5) is 47.3 Å². The van der Waals surface area contributed by atoms with Crippen molar-refractivity contribution in [2.24, 2.45) is 0 Å². The lowest BCUT2D eigenvalue weighted by molar-refractivity contribution is -0.173.